The molecule has 0 saturated carbocycles. The fraction of sp³-hybridized carbons (Fsp3) is 0.533. The van der Waals surface area contributed by atoms with Crippen molar-refractivity contribution in [2.75, 3.05) is 23.7 Å². The van der Waals surface area contributed by atoms with E-state index in [1.165, 1.54) is 0 Å². The predicted octanol–water partition coefficient (Wildman–Crippen LogP) is 3.43. The van der Waals surface area contributed by atoms with Crippen LogP contribution in [0.2, 0.25) is 5.02 Å². The maximum Gasteiger partial charge on any atom is 0.416 e. The smallest absolute Gasteiger partial charge is 0.355 e. The Morgan fingerprint density at radius 1 is 1.28 bits per heavy atom. The first-order valence-corrected chi connectivity index (χ1v) is 9.80. The van der Waals surface area contributed by atoms with Gasteiger partial charge in [0.15, 0.2) is 0 Å². The number of amides is 1. The number of hydrogen-bond donors (Lipinski definition) is 1. The standard InChI is InChI=1S/C15H20ClF3N2O3S/c1-3-4-5-8-20-14(22)10-21(25(2,23)24)13-9-11(15(17,18)19)6-7-12(13)16/h6-7,9H,3-5,8,10H2,1-2H3,(H,20,22). The summed E-state index contributed by atoms with van der Waals surface area (Å²) in [5, 5.41) is 2.35. The van der Waals surface area contributed by atoms with E-state index < -0.39 is 34.2 Å². The molecule has 0 bridgehead atoms. The number of anilines is 1. The molecule has 0 atom stereocenters. The molecule has 25 heavy (non-hydrogen) atoms. The zero-order chi connectivity index (χ0) is 19.3. The number of carbonyl (C=O) groups excluding carboxylic acids is 1. The Bertz CT molecular complexity index is 708. The molecule has 1 N–H and O–H groups in total. The highest BCUT2D eigenvalue weighted by Gasteiger charge is 2.33. The Hall–Kier alpha value is -1.48. The Morgan fingerprint density at radius 2 is 1.92 bits per heavy atom. The Labute approximate surface area is 150 Å². The summed E-state index contributed by atoms with van der Waals surface area (Å²) in [5.41, 5.74) is -1.44. The Balaban J connectivity index is 3.07. The molecule has 0 heterocycles. The highest BCUT2D eigenvalue weighted by atomic mass is 35.5. The van der Waals surface area contributed by atoms with Crippen LogP contribution in [0.25, 0.3) is 0 Å². The van der Waals surface area contributed by atoms with Crippen molar-refractivity contribution in [3.8, 4) is 0 Å². The van der Waals surface area contributed by atoms with Crippen molar-refractivity contribution in [2.45, 2.75) is 32.4 Å². The van der Waals surface area contributed by atoms with Gasteiger partial charge in [0.05, 0.1) is 22.5 Å². The summed E-state index contributed by atoms with van der Waals surface area (Å²) in [6.45, 7) is 1.70. The van der Waals surface area contributed by atoms with Crippen molar-refractivity contribution >= 4 is 33.2 Å². The molecule has 142 valence electrons. The summed E-state index contributed by atoms with van der Waals surface area (Å²) >= 11 is 5.87. The third-order valence-electron chi connectivity index (χ3n) is 3.33. The zero-order valence-corrected chi connectivity index (χ0v) is 15.4. The first-order valence-electron chi connectivity index (χ1n) is 7.58. The molecule has 0 spiro atoms. The van der Waals surface area contributed by atoms with Crippen LogP contribution in [0.15, 0.2) is 18.2 Å². The monoisotopic (exact) mass is 400 g/mol. The van der Waals surface area contributed by atoms with Crippen LogP contribution in [0.5, 0.6) is 0 Å². The SMILES string of the molecule is CCCCCNC(=O)CN(c1cc(C(F)(F)F)ccc1Cl)S(C)(=O)=O. The second-order valence-corrected chi connectivity index (χ2v) is 7.80. The third-order valence-corrected chi connectivity index (χ3v) is 4.78. The highest BCUT2D eigenvalue weighted by Crippen LogP contribution is 2.36. The highest BCUT2D eigenvalue weighted by molar-refractivity contribution is 7.92. The van der Waals surface area contributed by atoms with Crippen molar-refractivity contribution in [1.82, 2.24) is 5.32 Å². The number of hydrogen-bond acceptors (Lipinski definition) is 3. The van der Waals surface area contributed by atoms with Crippen LogP contribution in [0.1, 0.15) is 31.7 Å². The molecule has 1 amide bonds. The topological polar surface area (TPSA) is 66.5 Å². The van der Waals surface area contributed by atoms with E-state index in [4.69, 9.17) is 11.6 Å². The number of halogens is 4. The summed E-state index contributed by atoms with van der Waals surface area (Å²) in [4.78, 5) is 11.9. The minimum absolute atomic E-state index is 0.197. The van der Waals surface area contributed by atoms with Gasteiger partial charge >= 0.3 is 6.18 Å². The van der Waals surface area contributed by atoms with Gasteiger partial charge in [-0.25, -0.2) is 8.42 Å². The lowest BCUT2D eigenvalue weighted by atomic mass is 10.2. The minimum Gasteiger partial charge on any atom is -0.355 e. The van der Waals surface area contributed by atoms with Gasteiger partial charge in [-0.2, -0.15) is 13.2 Å². The maximum absolute atomic E-state index is 12.9. The molecule has 0 unspecified atom stereocenters. The van der Waals surface area contributed by atoms with Crippen LogP contribution in [0.3, 0.4) is 0 Å². The van der Waals surface area contributed by atoms with Crippen LogP contribution in [0, 0.1) is 0 Å². The lowest BCUT2D eigenvalue weighted by molar-refractivity contribution is -0.137. The third kappa shape index (κ3) is 6.74. The van der Waals surface area contributed by atoms with Crippen LogP contribution < -0.4 is 9.62 Å². The lowest BCUT2D eigenvalue weighted by Crippen LogP contribution is -2.40. The van der Waals surface area contributed by atoms with Gasteiger partial charge in [-0.05, 0) is 24.6 Å². The van der Waals surface area contributed by atoms with Gasteiger partial charge in [0.2, 0.25) is 15.9 Å². The average Bonchev–Trinajstić information content (AvgIpc) is 2.48. The number of unbranched alkanes of at least 4 members (excludes halogenated alkanes) is 2. The second-order valence-electron chi connectivity index (χ2n) is 5.49. The molecule has 5 nitrogen and oxygen atoms in total. The predicted molar refractivity (Wildman–Crippen MR) is 91.2 cm³/mol. The van der Waals surface area contributed by atoms with Gasteiger partial charge < -0.3 is 5.32 Å². The van der Waals surface area contributed by atoms with Crippen LogP contribution in [0.4, 0.5) is 18.9 Å². The Morgan fingerprint density at radius 3 is 2.44 bits per heavy atom. The fourth-order valence-corrected chi connectivity index (χ4v) is 3.18. The van der Waals surface area contributed by atoms with Gasteiger partial charge in [-0.1, -0.05) is 31.4 Å². The molecular weight excluding hydrogens is 381 g/mol. The molecule has 0 saturated heterocycles. The normalized spacial score (nSPS) is 12.1. The molecule has 0 radical (unpaired) electrons. The van der Waals surface area contributed by atoms with Crippen molar-refractivity contribution < 1.29 is 26.4 Å². The van der Waals surface area contributed by atoms with Crippen LogP contribution in [-0.4, -0.2) is 33.7 Å². The molecule has 1 aromatic carbocycles. The lowest BCUT2D eigenvalue weighted by Gasteiger charge is -2.24. The number of carbonyl (C=O) groups is 1. The van der Waals surface area contributed by atoms with Gasteiger partial charge in [0.25, 0.3) is 0 Å². The first-order chi connectivity index (χ1) is 11.5. The second kappa shape index (κ2) is 8.75. The number of nitrogens with zero attached hydrogens (tertiary/aromatic N) is 1. The number of nitrogens with one attached hydrogen (secondary N) is 1. The summed E-state index contributed by atoms with van der Waals surface area (Å²) in [6, 6.07) is 2.32. The minimum atomic E-state index is -4.66. The van der Waals surface area contributed by atoms with Crippen LogP contribution in [-0.2, 0) is 21.0 Å². The molecule has 10 heteroatoms. The fourth-order valence-electron chi connectivity index (χ4n) is 2.05. The number of alkyl halides is 3. The average molecular weight is 401 g/mol. The molecule has 1 aromatic rings. The van der Waals surface area contributed by atoms with E-state index in [1.54, 1.807) is 0 Å². The number of rotatable bonds is 8. The van der Waals surface area contributed by atoms with Crippen molar-refractivity contribution in [2.24, 2.45) is 0 Å². The summed E-state index contributed by atoms with van der Waals surface area (Å²) in [7, 11) is -4.01. The molecule has 0 fully saturated rings. The first kappa shape index (κ1) is 21.6. The number of benzene rings is 1. The van der Waals surface area contributed by atoms with Gasteiger partial charge in [0.1, 0.15) is 6.54 Å². The molecule has 0 aromatic heterocycles. The van der Waals surface area contributed by atoms with E-state index in [2.05, 4.69) is 5.32 Å². The van der Waals surface area contributed by atoms with Crippen molar-refractivity contribution in [3.63, 3.8) is 0 Å². The molecule has 0 aliphatic heterocycles. The van der Waals surface area contributed by atoms with E-state index in [9.17, 15) is 26.4 Å². The van der Waals surface area contributed by atoms with E-state index in [0.29, 0.717) is 16.9 Å². The summed E-state index contributed by atoms with van der Waals surface area (Å²) in [5.74, 6) is -0.616. The molecule has 0 aliphatic rings. The number of sulfonamides is 1. The molecule has 1 rings (SSSR count). The van der Waals surface area contributed by atoms with E-state index >= 15 is 0 Å². The summed E-state index contributed by atoms with van der Waals surface area (Å²) < 4.78 is 63.1. The largest absolute Gasteiger partial charge is 0.416 e. The zero-order valence-electron chi connectivity index (χ0n) is 13.9. The van der Waals surface area contributed by atoms with E-state index in [1.807, 2.05) is 6.92 Å². The van der Waals surface area contributed by atoms with Crippen molar-refractivity contribution in [3.05, 3.63) is 28.8 Å². The van der Waals surface area contributed by atoms with E-state index in [-0.39, 0.29) is 10.7 Å². The van der Waals surface area contributed by atoms with Gasteiger partial charge in [0, 0.05) is 6.54 Å². The Kier molecular flexibility index (Phi) is 7.55. The molecule has 0 aliphatic carbocycles. The van der Waals surface area contributed by atoms with Gasteiger partial charge in [-0.15, -0.1) is 0 Å². The maximum atomic E-state index is 12.9. The quantitative estimate of drug-likeness (QED) is 0.680. The van der Waals surface area contributed by atoms with E-state index in [0.717, 1.165) is 37.7 Å². The summed E-state index contributed by atoms with van der Waals surface area (Å²) in [6.07, 6.45) is -1.29. The van der Waals surface area contributed by atoms with Gasteiger partial charge in [-0.3, -0.25) is 9.10 Å². The van der Waals surface area contributed by atoms with Crippen molar-refractivity contribution in [1.29, 1.82) is 0 Å². The van der Waals surface area contributed by atoms with Crippen LogP contribution >= 0.6 is 11.6 Å². The molecular formula is C15H20ClF3N2O3S.